The lowest BCUT2D eigenvalue weighted by Crippen LogP contribution is -2.35. The Morgan fingerprint density at radius 2 is 2.11 bits per heavy atom. The van der Waals surface area contributed by atoms with Gasteiger partial charge in [-0.15, -0.1) is 11.8 Å². The van der Waals surface area contributed by atoms with E-state index >= 15 is 0 Å². The van der Waals surface area contributed by atoms with Crippen LogP contribution in [0.2, 0.25) is 0 Å². The van der Waals surface area contributed by atoms with Crippen molar-refractivity contribution >= 4 is 34.2 Å². The second-order valence-electron chi connectivity index (χ2n) is 4.95. The molecule has 0 spiro atoms. The van der Waals surface area contributed by atoms with Gasteiger partial charge in [-0.1, -0.05) is 25.1 Å². The van der Waals surface area contributed by atoms with Gasteiger partial charge in [-0.25, -0.2) is 0 Å². The summed E-state index contributed by atoms with van der Waals surface area (Å²) >= 11 is 1.77. The van der Waals surface area contributed by atoms with E-state index in [-0.39, 0.29) is 5.96 Å². The van der Waals surface area contributed by atoms with Crippen molar-refractivity contribution in [1.82, 2.24) is 0 Å². The number of benzene rings is 2. The fraction of sp³-hybridized carbons (Fsp3) is 0.267. The van der Waals surface area contributed by atoms with Crippen LogP contribution < -0.4 is 10.6 Å². The minimum atomic E-state index is 0.131. The highest BCUT2D eigenvalue weighted by Gasteiger charge is 2.29. The van der Waals surface area contributed by atoms with Crippen LogP contribution in [0.15, 0.2) is 35.2 Å². The zero-order valence-electron chi connectivity index (χ0n) is 11.1. The fourth-order valence-electron chi connectivity index (χ4n) is 2.96. The summed E-state index contributed by atoms with van der Waals surface area (Å²) in [7, 11) is 0. The van der Waals surface area contributed by atoms with Gasteiger partial charge in [0.2, 0.25) is 0 Å². The zero-order chi connectivity index (χ0) is 13.6. The Bertz CT molecular complexity index is 666. The van der Waals surface area contributed by atoms with Gasteiger partial charge in [0.25, 0.3) is 0 Å². The van der Waals surface area contributed by atoms with E-state index in [1.54, 1.807) is 11.8 Å². The van der Waals surface area contributed by atoms with E-state index < -0.39 is 0 Å². The van der Waals surface area contributed by atoms with E-state index in [9.17, 15) is 0 Å². The van der Waals surface area contributed by atoms with Gasteiger partial charge < -0.3 is 10.6 Å². The summed E-state index contributed by atoms with van der Waals surface area (Å²) < 4.78 is 0. The van der Waals surface area contributed by atoms with Gasteiger partial charge in [-0.05, 0) is 34.7 Å². The van der Waals surface area contributed by atoms with E-state index in [2.05, 4.69) is 43.5 Å². The molecule has 2 aromatic rings. The number of rotatable bonds is 1. The van der Waals surface area contributed by atoms with Crippen LogP contribution in [0.4, 0.5) is 5.69 Å². The SMILES string of the molecule is CSc1cccc2c3c(ccc12)N(C(=N)N)CC3C. The normalized spacial score (nSPS) is 17.8. The van der Waals surface area contributed by atoms with Gasteiger partial charge in [-0.3, -0.25) is 5.41 Å². The third-order valence-electron chi connectivity index (χ3n) is 3.79. The van der Waals surface area contributed by atoms with Gasteiger partial charge in [0, 0.05) is 23.0 Å². The van der Waals surface area contributed by atoms with Crippen LogP contribution >= 0.6 is 11.8 Å². The number of anilines is 1. The zero-order valence-corrected chi connectivity index (χ0v) is 11.9. The monoisotopic (exact) mass is 271 g/mol. The second-order valence-corrected chi connectivity index (χ2v) is 5.80. The number of nitrogens with one attached hydrogen (secondary N) is 1. The van der Waals surface area contributed by atoms with Crippen molar-refractivity contribution in [1.29, 1.82) is 5.41 Å². The Morgan fingerprint density at radius 3 is 2.79 bits per heavy atom. The van der Waals surface area contributed by atoms with Crippen LogP contribution in [0.1, 0.15) is 18.4 Å². The molecular weight excluding hydrogens is 254 g/mol. The molecule has 3 rings (SSSR count). The van der Waals surface area contributed by atoms with Gasteiger partial charge in [0.05, 0.1) is 0 Å². The summed E-state index contributed by atoms with van der Waals surface area (Å²) in [5.74, 6) is 0.533. The topological polar surface area (TPSA) is 53.1 Å². The maximum Gasteiger partial charge on any atom is 0.192 e. The number of hydrogen-bond acceptors (Lipinski definition) is 2. The summed E-state index contributed by atoms with van der Waals surface area (Å²) in [6, 6.07) is 10.7. The number of hydrogen-bond donors (Lipinski definition) is 2. The predicted octanol–water partition coefficient (Wildman–Crippen LogP) is 3.38. The quantitative estimate of drug-likeness (QED) is 0.475. The Morgan fingerprint density at radius 1 is 1.32 bits per heavy atom. The van der Waals surface area contributed by atoms with E-state index in [1.165, 1.54) is 21.2 Å². The predicted molar refractivity (Wildman–Crippen MR) is 83.4 cm³/mol. The molecule has 0 amide bonds. The molecule has 19 heavy (non-hydrogen) atoms. The first kappa shape index (κ1) is 12.4. The van der Waals surface area contributed by atoms with Crippen molar-refractivity contribution < 1.29 is 0 Å². The van der Waals surface area contributed by atoms with Gasteiger partial charge in [-0.2, -0.15) is 0 Å². The number of nitrogens with two attached hydrogens (primary N) is 1. The second kappa shape index (κ2) is 4.46. The number of thioether (sulfide) groups is 1. The summed E-state index contributed by atoms with van der Waals surface area (Å²) in [5.41, 5.74) is 8.09. The van der Waals surface area contributed by atoms with Crippen molar-refractivity contribution in [2.45, 2.75) is 17.7 Å². The van der Waals surface area contributed by atoms with Crippen LogP contribution in [-0.4, -0.2) is 18.8 Å². The van der Waals surface area contributed by atoms with Gasteiger partial charge >= 0.3 is 0 Å². The molecule has 0 saturated carbocycles. The largest absolute Gasteiger partial charge is 0.370 e. The van der Waals surface area contributed by atoms with E-state index in [1.807, 2.05) is 4.90 Å². The highest BCUT2D eigenvalue weighted by atomic mass is 32.2. The minimum Gasteiger partial charge on any atom is -0.370 e. The minimum absolute atomic E-state index is 0.131. The summed E-state index contributed by atoms with van der Waals surface area (Å²) in [5, 5.41) is 10.3. The lowest BCUT2D eigenvalue weighted by Gasteiger charge is -2.17. The third kappa shape index (κ3) is 1.78. The lowest BCUT2D eigenvalue weighted by atomic mass is 9.96. The number of fused-ring (bicyclic) bond motifs is 3. The number of guanidine groups is 1. The molecule has 1 unspecified atom stereocenters. The van der Waals surface area contributed by atoms with E-state index in [0.29, 0.717) is 5.92 Å². The highest BCUT2D eigenvalue weighted by Crippen LogP contribution is 2.42. The molecule has 1 atom stereocenters. The van der Waals surface area contributed by atoms with Crippen molar-refractivity contribution in [2.75, 3.05) is 17.7 Å². The first-order valence-corrected chi connectivity index (χ1v) is 7.57. The van der Waals surface area contributed by atoms with Crippen molar-refractivity contribution in [2.24, 2.45) is 5.73 Å². The molecule has 2 aromatic carbocycles. The molecule has 0 saturated heterocycles. The van der Waals surface area contributed by atoms with E-state index in [4.69, 9.17) is 11.1 Å². The highest BCUT2D eigenvalue weighted by molar-refractivity contribution is 7.98. The van der Waals surface area contributed by atoms with Crippen LogP contribution in [0.3, 0.4) is 0 Å². The molecule has 4 heteroatoms. The Hall–Kier alpha value is -1.68. The van der Waals surface area contributed by atoms with Gasteiger partial charge in [0.1, 0.15) is 0 Å². The van der Waals surface area contributed by atoms with Crippen molar-refractivity contribution in [3.8, 4) is 0 Å². The fourth-order valence-corrected chi connectivity index (χ4v) is 3.58. The molecule has 1 aliphatic rings. The molecule has 98 valence electrons. The average molecular weight is 271 g/mol. The molecule has 0 fully saturated rings. The standard InChI is InChI=1S/C15H17N3S/c1-9-8-18(15(16)17)12-7-6-10-11(14(9)12)4-3-5-13(10)19-2/h3-7,9H,8H2,1-2H3,(H3,16,17). The van der Waals surface area contributed by atoms with Crippen molar-refractivity contribution in [3.63, 3.8) is 0 Å². The Labute approximate surface area is 117 Å². The number of nitrogens with zero attached hydrogens (tertiary/aromatic N) is 1. The smallest absolute Gasteiger partial charge is 0.192 e. The van der Waals surface area contributed by atoms with Gasteiger partial charge in [0.15, 0.2) is 5.96 Å². The maximum atomic E-state index is 7.70. The summed E-state index contributed by atoms with van der Waals surface area (Å²) in [4.78, 5) is 3.19. The first-order valence-electron chi connectivity index (χ1n) is 6.34. The van der Waals surface area contributed by atoms with Crippen LogP contribution in [0.25, 0.3) is 10.8 Å². The molecule has 1 aliphatic heterocycles. The van der Waals surface area contributed by atoms with E-state index in [0.717, 1.165) is 12.2 Å². The molecule has 0 aliphatic carbocycles. The molecule has 3 nitrogen and oxygen atoms in total. The molecular formula is C15H17N3S. The molecule has 0 bridgehead atoms. The van der Waals surface area contributed by atoms with Crippen LogP contribution in [-0.2, 0) is 0 Å². The first-order chi connectivity index (χ1) is 9.13. The van der Waals surface area contributed by atoms with Crippen molar-refractivity contribution in [3.05, 3.63) is 35.9 Å². The Kier molecular flexibility index (Phi) is 2.90. The summed E-state index contributed by atoms with van der Waals surface area (Å²) in [6.45, 7) is 3.00. The maximum absolute atomic E-state index is 7.70. The summed E-state index contributed by atoms with van der Waals surface area (Å²) in [6.07, 6.45) is 2.10. The molecule has 0 radical (unpaired) electrons. The molecule has 1 heterocycles. The Balaban J connectivity index is 2.30. The third-order valence-corrected chi connectivity index (χ3v) is 4.59. The van der Waals surface area contributed by atoms with Crippen LogP contribution in [0.5, 0.6) is 0 Å². The molecule has 3 N–H and O–H groups in total. The average Bonchev–Trinajstić information content (AvgIpc) is 2.76. The lowest BCUT2D eigenvalue weighted by molar-refractivity contribution is 0.822. The molecule has 0 aromatic heterocycles. The van der Waals surface area contributed by atoms with Crippen LogP contribution in [0, 0.1) is 5.41 Å².